The van der Waals surface area contributed by atoms with E-state index in [9.17, 15) is 0 Å². The number of halogens is 1. The van der Waals surface area contributed by atoms with Gasteiger partial charge in [0.1, 0.15) is 13.2 Å². The fraction of sp³-hybridized carbons (Fsp3) is 0.250. The molecule has 110 valence electrons. The average molecular weight is 322 g/mol. The topological polar surface area (TPSA) is 44.5 Å². The Morgan fingerprint density at radius 3 is 2.71 bits per heavy atom. The molecule has 3 rings (SSSR count). The Hall–Kier alpha value is -1.36. The molecule has 2 N–H and O–H groups in total. The van der Waals surface area contributed by atoms with Gasteiger partial charge in [0.15, 0.2) is 11.5 Å². The SMILES string of the molecule is NCCc1c(Cl)cccc1Sc1ccc2c(c1)OCCO2. The summed E-state index contributed by atoms with van der Waals surface area (Å²) in [5.74, 6) is 1.60. The lowest BCUT2D eigenvalue weighted by Crippen LogP contribution is -2.15. The number of ether oxygens (including phenoxy) is 2. The highest BCUT2D eigenvalue weighted by Crippen LogP contribution is 2.39. The van der Waals surface area contributed by atoms with Crippen LogP contribution in [-0.4, -0.2) is 19.8 Å². The normalized spacial score (nSPS) is 13.2. The third-order valence-electron chi connectivity index (χ3n) is 3.21. The van der Waals surface area contributed by atoms with Gasteiger partial charge in [-0.3, -0.25) is 0 Å². The standard InChI is InChI=1S/C16H16ClNO2S/c17-13-2-1-3-16(12(13)6-7-18)21-11-4-5-14-15(10-11)20-9-8-19-14/h1-5,10H,6-9,18H2. The third kappa shape index (κ3) is 3.28. The van der Waals surface area contributed by atoms with Crippen LogP contribution in [0.25, 0.3) is 0 Å². The zero-order valence-corrected chi connectivity index (χ0v) is 13.0. The summed E-state index contributed by atoms with van der Waals surface area (Å²) in [5, 5.41) is 0.767. The maximum absolute atomic E-state index is 6.28. The number of nitrogens with two attached hydrogens (primary N) is 1. The second-order valence-corrected chi connectivity index (χ2v) is 6.19. The molecule has 21 heavy (non-hydrogen) atoms. The van der Waals surface area contributed by atoms with Crippen molar-refractivity contribution >= 4 is 23.4 Å². The molecule has 0 aliphatic carbocycles. The molecule has 0 spiro atoms. The second-order valence-electron chi connectivity index (χ2n) is 4.66. The minimum atomic E-state index is 0.582. The van der Waals surface area contributed by atoms with Gasteiger partial charge in [0.05, 0.1) is 0 Å². The molecule has 0 radical (unpaired) electrons. The largest absolute Gasteiger partial charge is 0.486 e. The van der Waals surface area contributed by atoms with E-state index in [0.29, 0.717) is 19.8 Å². The molecule has 0 saturated heterocycles. The molecule has 0 aromatic heterocycles. The molecule has 1 aliphatic heterocycles. The van der Waals surface area contributed by atoms with E-state index in [1.807, 2.05) is 30.3 Å². The van der Waals surface area contributed by atoms with Crippen molar-refractivity contribution in [3.63, 3.8) is 0 Å². The van der Waals surface area contributed by atoms with Crippen LogP contribution in [0.2, 0.25) is 5.02 Å². The fourth-order valence-corrected chi connectivity index (χ4v) is 3.60. The first-order valence-electron chi connectivity index (χ1n) is 6.83. The Labute approximate surface area is 133 Å². The first-order valence-corrected chi connectivity index (χ1v) is 8.02. The Morgan fingerprint density at radius 2 is 1.90 bits per heavy atom. The first kappa shape index (κ1) is 14.6. The molecule has 0 atom stereocenters. The van der Waals surface area contributed by atoms with Gasteiger partial charge in [-0.05, 0) is 48.9 Å². The van der Waals surface area contributed by atoms with Gasteiger partial charge < -0.3 is 15.2 Å². The van der Waals surface area contributed by atoms with E-state index in [1.54, 1.807) is 11.8 Å². The molecule has 3 nitrogen and oxygen atoms in total. The quantitative estimate of drug-likeness (QED) is 0.931. The Kier molecular flexibility index (Phi) is 4.58. The summed E-state index contributed by atoms with van der Waals surface area (Å²) in [7, 11) is 0. The highest BCUT2D eigenvalue weighted by molar-refractivity contribution is 7.99. The summed E-state index contributed by atoms with van der Waals surface area (Å²) in [6, 6.07) is 11.9. The zero-order chi connectivity index (χ0) is 14.7. The minimum Gasteiger partial charge on any atom is -0.486 e. The van der Waals surface area contributed by atoms with Gasteiger partial charge in [-0.2, -0.15) is 0 Å². The van der Waals surface area contributed by atoms with Crippen molar-refractivity contribution in [3.8, 4) is 11.5 Å². The van der Waals surface area contributed by atoms with Gasteiger partial charge in [-0.15, -0.1) is 0 Å². The van der Waals surface area contributed by atoms with Gasteiger partial charge in [0.25, 0.3) is 0 Å². The molecular formula is C16H16ClNO2S. The van der Waals surface area contributed by atoms with Gasteiger partial charge in [0, 0.05) is 14.8 Å². The molecule has 2 aromatic carbocycles. The van der Waals surface area contributed by atoms with E-state index in [4.69, 9.17) is 26.8 Å². The molecule has 1 heterocycles. The van der Waals surface area contributed by atoms with Gasteiger partial charge in [-0.1, -0.05) is 29.4 Å². The van der Waals surface area contributed by atoms with Crippen LogP contribution >= 0.6 is 23.4 Å². The summed E-state index contributed by atoms with van der Waals surface area (Å²) in [5.41, 5.74) is 6.78. The minimum absolute atomic E-state index is 0.582. The monoisotopic (exact) mass is 321 g/mol. The van der Waals surface area contributed by atoms with Gasteiger partial charge in [0.2, 0.25) is 0 Å². The van der Waals surface area contributed by atoms with Crippen molar-refractivity contribution in [1.29, 1.82) is 0 Å². The summed E-state index contributed by atoms with van der Waals surface area (Å²) < 4.78 is 11.2. The summed E-state index contributed by atoms with van der Waals surface area (Å²) in [6.07, 6.45) is 0.770. The summed E-state index contributed by atoms with van der Waals surface area (Å²) >= 11 is 7.94. The number of benzene rings is 2. The number of fused-ring (bicyclic) bond motifs is 1. The van der Waals surface area contributed by atoms with Crippen LogP contribution in [0.4, 0.5) is 0 Å². The first-order chi connectivity index (χ1) is 10.3. The van der Waals surface area contributed by atoms with Crippen LogP contribution in [0.1, 0.15) is 5.56 Å². The van der Waals surface area contributed by atoms with Crippen LogP contribution in [0.3, 0.4) is 0 Å². The fourth-order valence-electron chi connectivity index (χ4n) is 2.24. The van der Waals surface area contributed by atoms with Crippen LogP contribution in [-0.2, 0) is 6.42 Å². The van der Waals surface area contributed by atoms with E-state index in [1.165, 1.54) is 0 Å². The van der Waals surface area contributed by atoms with Gasteiger partial charge in [-0.25, -0.2) is 0 Å². The second kappa shape index (κ2) is 6.60. The molecule has 0 bridgehead atoms. The van der Waals surface area contributed by atoms with E-state index in [2.05, 4.69) is 6.07 Å². The maximum Gasteiger partial charge on any atom is 0.162 e. The molecule has 2 aromatic rings. The number of hydrogen-bond acceptors (Lipinski definition) is 4. The molecule has 0 saturated carbocycles. The van der Waals surface area contributed by atoms with Crippen molar-refractivity contribution in [2.45, 2.75) is 16.2 Å². The van der Waals surface area contributed by atoms with Crippen molar-refractivity contribution in [2.24, 2.45) is 5.73 Å². The molecule has 0 fully saturated rings. The smallest absolute Gasteiger partial charge is 0.162 e. The Balaban J connectivity index is 1.88. The number of rotatable bonds is 4. The van der Waals surface area contributed by atoms with Crippen molar-refractivity contribution in [1.82, 2.24) is 0 Å². The zero-order valence-electron chi connectivity index (χ0n) is 11.5. The lowest BCUT2D eigenvalue weighted by molar-refractivity contribution is 0.171. The Bertz CT molecular complexity index is 648. The highest BCUT2D eigenvalue weighted by Gasteiger charge is 2.13. The summed E-state index contributed by atoms with van der Waals surface area (Å²) in [6.45, 7) is 1.78. The predicted octanol–water partition coefficient (Wildman–Crippen LogP) is 3.76. The van der Waals surface area contributed by atoms with Crippen LogP contribution in [0.15, 0.2) is 46.2 Å². The molecular weight excluding hydrogens is 306 g/mol. The van der Waals surface area contributed by atoms with Crippen molar-refractivity contribution < 1.29 is 9.47 Å². The Morgan fingerprint density at radius 1 is 1.10 bits per heavy atom. The number of hydrogen-bond donors (Lipinski definition) is 1. The van der Waals surface area contributed by atoms with E-state index in [0.717, 1.165) is 38.3 Å². The van der Waals surface area contributed by atoms with Crippen LogP contribution in [0.5, 0.6) is 11.5 Å². The molecule has 5 heteroatoms. The van der Waals surface area contributed by atoms with E-state index >= 15 is 0 Å². The third-order valence-corrected chi connectivity index (χ3v) is 4.66. The lowest BCUT2D eigenvalue weighted by Gasteiger charge is -2.19. The molecule has 0 amide bonds. The van der Waals surface area contributed by atoms with E-state index in [-0.39, 0.29) is 0 Å². The van der Waals surface area contributed by atoms with Gasteiger partial charge >= 0.3 is 0 Å². The maximum atomic E-state index is 6.28. The van der Waals surface area contributed by atoms with E-state index < -0.39 is 0 Å². The van der Waals surface area contributed by atoms with Crippen LogP contribution < -0.4 is 15.2 Å². The average Bonchev–Trinajstić information content (AvgIpc) is 2.51. The molecule has 1 aliphatic rings. The predicted molar refractivity (Wildman–Crippen MR) is 85.8 cm³/mol. The lowest BCUT2D eigenvalue weighted by atomic mass is 10.1. The summed E-state index contributed by atoms with van der Waals surface area (Å²) in [4.78, 5) is 2.23. The van der Waals surface area contributed by atoms with Crippen LogP contribution in [0, 0.1) is 0 Å². The van der Waals surface area contributed by atoms with Crippen molar-refractivity contribution in [3.05, 3.63) is 47.0 Å². The molecule has 0 unspecified atom stereocenters. The highest BCUT2D eigenvalue weighted by atomic mass is 35.5. The van der Waals surface area contributed by atoms with Crippen molar-refractivity contribution in [2.75, 3.05) is 19.8 Å².